The van der Waals surface area contributed by atoms with Crippen LogP contribution in [0.25, 0.3) is 11.0 Å². The highest BCUT2D eigenvalue weighted by Gasteiger charge is 2.26. The van der Waals surface area contributed by atoms with Crippen molar-refractivity contribution in [3.05, 3.63) is 59.9 Å². The van der Waals surface area contributed by atoms with Gasteiger partial charge in [0.05, 0.1) is 37.2 Å². The maximum Gasteiger partial charge on any atom is 0.216 e. The molecule has 1 N–H and O–H groups in total. The van der Waals surface area contributed by atoms with Crippen LogP contribution in [0.5, 0.6) is 0 Å². The number of hydrogen-bond donors (Lipinski definition) is 1. The summed E-state index contributed by atoms with van der Waals surface area (Å²) < 4.78 is 15.4. The number of anilines is 1. The van der Waals surface area contributed by atoms with Gasteiger partial charge in [-0.2, -0.15) is 0 Å². The molecular formula is C22H26FN4O+. The highest BCUT2D eigenvalue weighted by atomic mass is 19.1. The molecule has 1 aromatic heterocycles. The molecule has 0 atom stereocenters. The van der Waals surface area contributed by atoms with Crippen molar-refractivity contribution in [3.8, 4) is 0 Å². The molecule has 0 radical (unpaired) electrons. The largest absolute Gasteiger partial charge is 0.331 e. The van der Waals surface area contributed by atoms with E-state index in [2.05, 4.69) is 34.6 Å². The van der Waals surface area contributed by atoms with Crippen molar-refractivity contribution < 1.29 is 14.1 Å². The zero-order chi connectivity index (χ0) is 19.5. The normalized spacial score (nSPS) is 15.3. The first-order valence-electron chi connectivity index (χ1n) is 9.98. The van der Waals surface area contributed by atoms with Crippen LogP contribution < -0.4 is 9.80 Å². The maximum absolute atomic E-state index is 13.0. The summed E-state index contributed by atoms with van der Waals surface area (Å²) in [5.41, 5.74) is 2.80. The standard InChI is InChI=1S/C22H25FN4O/c1-2-11-27-20-6-4-3-5-19(20)24-22(27)26-14-12-25(13-15-26)16-21(28)17-7-9-18(23)10-8-17/h3-10H,2,11-16H2,1H3/p+1. The van der Waals surface area contributed by atoms with Crippen molar-refractivity contribution in [1.29, 1.82) is 0 Å². The predicted octanol–water partition coefficient (Wildman–Crippen LogP) is 2.17. The molecule has 5 nitrogen and oxygen atoms in total. The van der Waals surface area contributed by atoms with Crippen molar-refractivity contribution in [3.63, 3.8) is 0 Å². The lowest BCUT2D eigenvalue weighted by Gasteiger charge is -2.32. The Morgan fingerprint density at radius 2 is 1.82 bits per heavy atom. The quantitative estimate of drug-likeness (QED) is 0.666. The summed E-state index contributed by atoms with van der Waals surface area (Å²) in [5, 5.41) is 0. The van der Waals surface area contributed by atoms with Crippen LogP contribution in [0.15, 0.2) is 48.5 Å². The van der Waals surface area contributed by atoms with E-state index in [1.807, 2.05) is 6.07 Å². The molecule has 6 heteroatoms. The average molecular weight is 381 g/mol. The zero-order valence-corrected chi connectivity index (χ0v) is 16.2. The van der Waals surface area contributed by atoms with Gasteiger partial charge in [0.25, 0.3) is 0 Å². The van der Waals surface area contributed by atoms with E-state index in [1.54, 1.807) is 12.1 Å². The number of aromatic nitrogens is 2. The van der Waals surface area contributed by atoms with Crippen LogP contribution in [0.2, 0.25) is 0 Å². The highest BCUT2D eigenvalue weighted by molar-refractivity contribution is 5.96. The molecule has 2 aromatic carbocycles. The van der Waals surface area contributed by atoms with Crippen molar-refractivity contribution in [2.24, 2.45) is 0 Å². The van der Waals surface area contributed by atoms with E-state index >= 15 is 0 Å². The number of piperazine rings is 1. The lowest BCUT2D eigenvalue weighted by atomic mass is 10.1. The molecule has 146 valence electrons. The molecule has 0 spiro atoms. The van der Waals surface area contributed by atoms with Gasteiger partial charge in [0.2, 0.25) is 11.7 Å². The molecular weight excluding hydrogens is 355 g/mol. The second-order valence-electron chi connectivity index (χ2n) is 7.40. The summed E-state index contributed by atoms with van der Waals surface area (Å²) in [6, 6.07) is 14.1. The minimum absolute atomic E-state index is 0.0710. The number of ketones is 1. The number of rotatable bonds is 6. The van der Waals surface area contributed by atoms with E-state index in [9.17, 15) is 9.18 Å². The van der Waals surface area contributed by atoms with Gasteiger partial charge in [0, 0.05) is 12.1 Å². The molecule has 0 aliphatic carbocycles. The number of carbonyl (C=O) groups is 1. The van der Waals surface area contributed by atoms with Gasteiger partial charge in [0.1, 0.15) is 12.4 Å². The van der Waals surface area contributed by atoms with Crippen LogP contribution >= 0.6 is 0 Å². The number of aryl methyl sites for hydroxylation is 1. The Morgan fingerprint density at radius 3 is 2.54 bits per heavy atom. The number of halogens is 1. The fraction of sp³-hybridized carbons (Fsp3) is 0.364. The van der Waals surface area contributed by atoms with Crippen LogP contribution in [0, 0.1) is 5.82 Å². The SMILES string of the molecule is CCCn1c(N2CC[NH+](CC(=O)c3ccc(F)cc3)CC2)nc2ccccc21. The van der Waals surface area contributed by atoms with E-state index in [-0.39, 0.29) is 11.6 Å². The van der Waals surface area contributed by atoms with Gasteiger partial charge in [-0.05, 0) is 42.8 Å². The number of nitrogens with one attached hydrogen (secondary N) is 1. The Hall–Kier alpha value is -2.73. The topological polar surface area (TPSA) is 42.6 Å². The van der Waals surface area contributed by atoms with Gasteiger partial charge in [-0.15, -0.1) is 0 Å². The summed E-state index contributed by atoms with van der Waals surface area (Å²) in [6.45, 7) is 7.11. The van der Waals surface area contributed by atoms with Crippen LogP contribution in [0.1, 0.15) is 23.7 Å². The molecule has 1 fully saturated rings. The van der Waals surface area contributed by atoms with Crippen molar-refractivity contribution in [2.45, 2.75) is 19.9 Å². The summed E-state index contributed by atoms with van der Waals surface area (Å²) in [5.74, 6) is 0.793. The van der Waals surface area contributed by atoms with Gasteiger partial charge in [-0.1, -0.05) is 19.1 Å². The number of para-hydroxylation sites is 2. The van der Waals surface area contributed by atoms with Crippen molar-refractivity contribution in [1.82, 2.24) is 9.55 Å². The maximum atomic E-state index is 13.0. The lowest BCUT2D eigenvalue weighted by Crippen LogP contribution is -3.15. The first-order chi connectivity index (χ1) is 13.7. The van der Waals surface area contributed by atoms with Crippen LogP contribution in [-0.4, -0.2) is 48.1 Å². The molecule has 28 heavy (non-hydrogen) atoms. The third kappa shape index (κ3) is 3.78. The summed E-state index contributed by atoms with van der Waals surface area (Å²) in [4.78, 5) is 20.9. The van der Waals surface area contributed by atoms with Gasteiger partial charge in [0.15, 0.2) is 0 Å². The molecule has 0 amide bonds. The number of benzene rings is 2. The molecule has 4 rings (SSSR count). The van der Waals surface area contributed by atoms with E-state index in [0.717, 1.165) is 50.6 Å². The molecule has 0 saturated carbocycles. The summed E-state index contributed by atoms with van der Waals surface area (Å²) >= 11 is 0. The van der Waals surface area contributed by atoms with Crippen LogP contribution in [0.4, 0.5) is 10.3 Å². The second kappa shape index (κ2) is 8.10. The zero-order valence-electron chi connectivity index (χ0n) is 16.2. The Labute approximate surface area is 164 Å². The minimum Gasteiger partial charge on any atom is -0.331 e. The smallest absolute Gasteiger partial charge is 0.216 e. The number of nitrogens with zero attached hydrogens (tertiary/aromatic N) is 3. The number of quaternary nitrogens is 1. The minimum atomic E-state index is -0.313. The third-order valence-electron chi connectivity index (χ3n) is 5.41. The van der Waals surface area contributed by atoms with Crippen LogP contribution in [0.3, 0.4) is 0 Å². The molecule has 0 bridgehead atoms. The van der Waals surface area contributed by atoms with E-state index in [4.69, 9.17) is 4.98 Å². The number of imidazole rings is 1. The number of fused-ring (bicyclic) bond motifs is 1. The lowest BCUT2D eigenvalue weighted by molar-refractivity contribution is -0.892. The molecule has 3 aromatic rings. The third-order valence-corrected chi connectivity index (χ3v) is 5.41. The van der Waals surface area contributed by atoms with Crippen molar-refractivity contribution in [2.75, 3.05) is 37.6 Å². The number of carbonyl (C=O) groups excluding carboxylic acids is 1. The number of hydrogen-bond acceptors (Lipinski definition) is 3. The van der Waals surface area contributed by atoms with Gasteiger partial charge < -0.3 is 14.4 Å². The highest BCUT2D eigenvalue weighted by Crippen LogP contribution is 2.23. The first kappa shape index (κ1) is 18.6. The molecule has 1 saturated heterocycles. The van der Waals surface area contributed by atoms with E-state index in [0.29, 0.717) is 12.1 Å². The van der Waals surface area contributed by atoms with E-state index in [1.165, 1.54) is 22.5 Å². The fourth-order valence-electron chi connectivity index (χ4n) is 3.91. The first-order valence-corrected chi connectivity index (χ1v) is 9.98. The second-order valence-corrected chi connectivity index (χ2v) is 7.40. The molecule has 2 heterocycles. The number of Topliss-reactive ketones (excluding diaryl/α,β-unsaturated/α-hetero) is 1. The Balaban J connectivity index is 1.43. The Bertz CT molecular complexity index is 958. The van der Waals surface area contributed by atoms with E-state index < -0.39 is 0 Å². The Morgan fingerprint density at radius 1 is 1.11 bits per heavy atom. The van der Waals surface area contributed by atoms with Gasteiger partial charge >= 0.3 is 0 Å². The van der Waals surface area contributed by atoms with Gasteiger partial charge in [-0.3, -0.25) is 4.79 Å². The van der Waals surface area contributed by atoms with Crippen LogP contribution in [-0.2, 0) is 6.54 Å². The molecule has 0 unspecified atom stereocenters. The summed E-state index contributed by atoms with van der Waals surface area (Å²) in [7, 11) is 0. The van der Waals surface area contributed by atoms with Gasteiger partial charge in [-0.25, -0.2) is 9.37 Å². The monoisotopic (exact) mass is 381 g/mol. The van der Waals surface area contributed by atoms with Crippen molar-refractivity contribution >= 4 is 22.8 Å². The Kier molecular flexibility index (Phi) is 5.39. The average Bonchev–Trinajstić information content (AvgIpc) is 3.08. The molecule has 1 aliphatic heterocycles. The predicted molar refractivity (Wildman–Crippen MR) is 109 cm³/mol. The molecule has 1 aliphatic rings. The fourth-order valence-corrected chi connectivity index (χ4v) is 3.91. The summed E-state index contributed by atoms with van der Waals surface area (Å²) in [6.07, 6.45) is 1.06.